The molecule has 6 nitrogen and oxygen atoms in total. The number of imidazole rings is 1. The summed E-state index contributed by atoms with van der Waals surface area (Å²) >= 11 is 0. The smallest absolute Gasteiger partial charge is 0.228 e. The van der Waals surface area contributed by atoms with Crippen LogP contribution in [0.3, 0.4) is 0 Å². The van der Waals surface area contributed by atoms with Gasteiger partial charge in [-0.1, -0.05) is 53.7 Å². The normalized spacial score (nSPS) is 11.1. The number of aromatic nitrogens is 5. The fraction of sp³-hybridized carbons (Fsp3) is 0.0909. The van der Waals surface area contributed by atoms with Crippen molar-refractivity contribution in [2.45, 2.75) is 13.0 Å². The molecule has 3 aromatic heterocycles. The molecule has 28 heavy (non-hydrogen) atoms. The number of benzene rings is 2. The van der Waals surface area contributed by atoms with E-state index in [1.807, 2.05) is 73.2 Å². The monoisotopic (exact) mass is 367 g/mol. The maximum atomic E-state index is 5.43. The zero-order valence-corrected chi connectivity index (χ0v) is 15.1. The van der Waals surface area contributed by atoms with E-state index in [0.29, 0.717) is 24.7 Å². The molecule has 0 atom stereocenters. The molecule has 0 aliphatic carbocycles. The fourth-order valence-electron chi connectivity index (χ4n) is 3.30. The van der Waals surface area contributed by atoms with Gasteiger partial charge in [0, 0.05) is 48.1 Å². The molecule has 0 aliphatic heterocycles. The van der Waals surface area contributed by atoms with Gasteiger partial charge >= 0.3 is 0 Å². The first-order valence-corrected chi connectivity index (χ1v) is 9.12. The Morgan fingerprint density at radius 3 is 2.64 bits per heavy atom. The van der Waals surface area contributed by atoms with Crippen LogP contribution in [0, 0.1) is 0 Å². The third kappa shape index (κ3) is 3.05. The Balaban J connectivity index is 1.40. The van der Waals surface area contributed by atoms with Gasteiger partial charge < -0.3 is 9.09 Å². The summed E-state index contributed by atoms with van der Waals surface area (Å²) < 4.78 is 7.53. The molecule has 0 aliphatic rings. The number of rotatable bonds is 5. The summed E-state index contributed by atoms with van der Waals surface area (Å²) in [7, 11) is 0. The van der Waals surface area contributed by atoms with Crippen molar-refractivity contribution in [2.24, 2.45) is 0 Å². The summed E-state index contributed by atoms with van der Waals surface area (Å²) in [5.74, 6) is 2.13. The first kappa shape index (κ1) is 16.4. The molecule has 3 heterocycles. The first-order chi connectivity index (χ1) is 13.9. The second kappa shape index (κ2) is 7.08. The number of aryl methyl sites for hydroxylation is 2. The summed E-state index contributed by atoms with van der Waals surface area (Å²) in [6.45, 7) is 0.697. The van der Waals surface area contributed by atoms with Crippen LogP contribution in [0.2, 0.25) is 0 Å². The van der Waals surface area contributed by atoms with Crippen LogP contribution in [0.4, 0.5) is 0 Å². The number of hydrogen-bond acceptors (Lipinski definition) is 5. The zero-order chi connectivity index (χ0) is 18.8. The van der Waals surface area contributed by atoms with Crippen LogP contribution in [0.5, 0.6) is 0 Å². The molecule has 136 valence electrons. The number of hydrogen-bond donors (Lipinski definition) is 0. The molecule has 0 spiro atoms. The molecular formula is C22H17N5O. The third-order valence-electron chi connectivity index (χ3n) is 4.67. The molecule has 0 amide bonds. The van der Waals surface area contributed by atoms with Crippen molar-refractivity contribution in [3.05, 3.63) is 85.1 Å². The minimum atomic E-state index is 0.609. The lowest BCUT2D eigenvalue weighted by Crippen LogP contribution is -2.03. The Bertz CT molecular complexity index is 1220. The second-order valence-electron chi connectivity index (χ2n) is 6.45. The van der Waals surface area contributed by atoms with Crippen LogP contribution >= 0.6 is 0 Å². The minimum absolute atomic E-state index is 0.609. The summed E-state index contributed by atoms with van der Waals surface area (Å²) in [5, 5.41) is 5.17. The molecule has 0 saturated carbocycles. The van der Waals surface area contributed by atoms with Gasteiger partial charge in [-0.25, -0.2) is 4.98 Å². The fourth-order valence-corrected chi connectivity index (χ4v) is 3.30. The predicted octanol–water partition coefficient (Wildman–Crippen LogP) is 4.39. The van der Waals surface area contributed by atoms with Crippen LogP contribution in [0.25, 0.3) is 33.7 Å². The van der Waals surface area contributed by atoms with Crippen molar-refractivity contribution in [3.63, 3.8) is 0 Å². The van der Waals surface area contributed by atoms with Crippen molar-refractivity contribution >= 4 is 10.9 Å². The third-order valence-corrected chi connectivity index (χ3v) is 4.67. The number of fused-ring (bicyclic) bond motifs is 1. The lowest BCUT2D eigenvalue weighted by atomic mass is 10.1. The lowest BCUT2D eigenvalue weighted by Gasteiger charge is -2.09. The van der Waals surface area contributed by atoms with Gasteiger partial charge in [0.05, 0.1) is 5.52 Å². The molecule has 5 rings (SSSR count). The average Bonchev–Trinajstić information content (AvgIpc) is 3.42. The highest BCUT2D eigenvalue weighted by atomic mass is 16.5. The molecule has 0 saturated heterocycles. The zero-order valence-electron chi connectivity index (χ0n) is 15.1. The van der Waals surface area contributed by atoms with Gasteiger partial charge in [0.15, 0.2) is 0 Å². The Hall–Kier alpha value is -3.80. The molecule has 0 N–H and O–H groups in total. The van der Waals surface area contributed by atoms with E-state index in [0.717, 1.165) is 27.9 Å². The standard InChI is InChI=1S/C22H17N5O/c1-2-6-16(7-3-1)21-25-20(28-26-21)11-14-27-15-13-24-22(27)18-10-12-23-19-9-5-4-8-17(18)19/h1-10,12-13,15H,11,14H2. The maximum Gasteiger partial charge on any atom is 0.228 e. The Morgan fingerprint density at radius 1 is 0.857 bits per heavy atom. The Kier molecular flexibility index (Phi) is 4.14. The van der Waals surface area contributed by atoms with E-state index in [-0.39, 0.29) is 0 Å². The Morgan fingerprint density at radius 2 is 1.71 bits per heavy atom. The van der Waals surface area contributed by atoms with Crippen molar-refractivity contribution in [2.75, 3.05) is 0 Å². The molecular weight excluding hydrogens is 350 g/mol. The van der Waals surface area contributed by atoms with Crippen LogP contribution in [-0.4, -0.2) is 24.7 Å². The summed E-state index contributed by atoms with van der Waals surface area (Å²) in [6, 6.07) is 19.9. The van der Waals surface area contributed by atoms with Crippen molar-refractivity contribution in [1.82, 2.24) is 24.7 Å². The summed E-state index contributed by atoms with van der Waals surface area (Å²) in [4.78, 5) is 13.5. The van der Waals surface area contributed by atoms with Crippen molar-refractivity contribution in [1.29, 1.82) is 0 Å². The van der Waals surface area contributed by atoms with Crippen LogP contribution in [0.15, 0.2) is 83.8 Å². The van der Waals surface area contributed by atoms with E-state index in [1.165, 1.54) is 0 Å². The molecule has 2 aromatic carbocycles. The molecule has 5 aromatic rings. The van der Waals surface area contributed by atoms with E-state index in [4.69, 9.17) is 4.52 Å². The largest absolute Gasteiger partial charge is 0.339 e. The van der Waals surface area contributed by atoms with Gasteiger partial charge in [-0.05, 0) is 12.1 Å². The van der Waals surface area contributed by atoms with Crippen molar-refractivity contribution < 1.29 is 4.52 Å². The van der Waals surface area contributed by atoms with Gasteiger partial charge in [0.2, 0.25) is 11.7 Å². The highest BCUT2D eigenvalue weighted by molar-refractivity contribution is 5.92. The van der Waals surface area contributed by atoms with E-state index in [2.05, 4.69) is 30.7 Å². The quantitative estimate of drug-likeness (QED) is 0.461. The molecule has 6 heteroatoms. The van der Waals surface area contributed by atoms with E-state index < -0.39 is 0 Å². The SMILES string of the molecule is c1ccc(-c2noc(CCn3ccnc3-c3ccnc4ccccc34)n2)cc1. The van der Waals surface area contributed by atoms with Gasteiger partial charge in [-0.2, -0.15) is 4.98 Å². The molecule has 0 fully saturated rings. The topological polar surface area (TPSA) is 69.6 Å². The van der Waals surface area contributed by atoms with Crippen LogP contribution in [-0.2, 0) is 13.0 Å². The highest BCUT2D eigenvalue weighted by Gasteiger charge is 2.12. The second-order valence-corrected chi connectivity index (χ2v) is 6.45. The van der Waals surface area contributed by atoms with Gasteiger partial charge in [0.1, 0.15) is 5.82 Å². The molecule has 0 radical (unpaired) electrons. The average molecular weight is 367 g/mol. The van der Waals surface area contributed by atoms with E-state index in [9.17, 15) is 0 Å². The van der Waals surface area contributed by atoms with Gasteiger partial charge in [0.25, 0.3) is 0 Å². The first-order valence-electron chi connectivity index (χ1n) is 9.12. The molecule has 0 unspecified atom stereocenters. The minimum Gasteiger partial charge on any atom is -0.339 e. The Labute approximate surface area is 161 Å². The number of para-hydroxylation sites is 1. The number of pyridine rings is 1. The molecule has 0 bridgehead atoms. The summed E-state index contributed by atoms with van der Waals surface area (Å²) in [6.07, 6.45) is 6.24. The van der Waals surface area contributed by atoms with Crippen LogP contribution < -0.4 is 0 Å². The summed E-state index contributed by atoms with van der Waals surface area (Å²) in [5.41, 5.74) is 2.97. The van der Waals surface area contributed by atoms with E-state index in [1.54, 1.807) is 0 Å². The highest BCUT2D eigenvalue weighted by Crippen LogP contribution is 2.26. The van der Waals surface area contributed by atoms with E-state index >= 15 is 0 Å². The van der Waals surface area contributed by atoms with Crippen LogP contribution in [0.1, 0.15) is 5.89 Å². The predicted molar refractivity (Wildman–Crippen MR) is 106 cm³/mol. The van der Waals surface area contributed by atoms with Crippen molar-refractivity contribution in [3.8, 4) is 22.8 Å². The van der Waals surface area contributed by atoms with Gasteiger partial charge in [-0.3, -0.25) is 4.98 Å². The maximum absolute atomic E-state index is 5.43. The number of nitrogens with zero attached hydrogens (tertiary/aromatic N) is 5. The van der Waals surface area contributed by atoms with Gasteiger partial charge in [-0.15, -0.1) is 0 Å². The lowest BCUT2D eigenvalue weighted by molar-refractivity contribution is 0.372.